The average molecular weight is 378 g/mol. The molecular weight excluding hydrogens is 347 g/mol. The SMILES string of the molecule is CCNC(=O)C(C)(C)CNC(=NC)N1CC(C)OC(c2ccc(F)cc2)C1. The summed E-state index contributed by atoms with van der Waals surface area (Å²) in [5.74, 6) is 0.478. The Morgan fingerprint density at radius 3 is 2.56 bits per heavy atom. The van der Waals surface area contributed by atoms with Crippen LogP contribution in [-0.4, -0.2) is 56.1 Å². The zero-order chi connectivity index (χ0) is 20.0. The quantitative estimate of drug-likeness (QED) is 0.610. The van der Waals surface area contributed by atoms with Gasteiger partial charge in [-0.05, 0) is 45.4 Å². The van der Waals surface area contributed by atoms with E-state index in [2.05, 4.69) is 20.5 Å². The van der Waals surface area contributed by atoms with Crippen LogP contribution in [0.2, 0.25) is 0 Å². The van der Waals surface area contributed by atoms with Gasteiger partial charge in [0.05, 0.1) is 18.1 Å². The van der Waals surface area contributed by atoms with Crippen molar-refractivity contribution < 1.29 is 13.9 Å². The van der Waals surface area contributed by atoms with E-state index in [0.717, 1.165) is 11.5 Å². The molecule has 0 saturated carbocycles. The number of morpholine rings is 1. The zero-order valence-electron chi connectivity index (χ0n) is 16.9. The molecule has 0 radical (unpaired) electrons. The van der Waals surface area contributed by atoms with E-state index in [4.69, 9.17) is 4.74 Å². The molecule has 1 aromatic carbocycles. The first-order valence-corrected chi connectivity index (χ1v) is 9.41. The molecule has 2 rings (SSSR count). The van der Waals surface area contributed by atoms with Crippen molar-refractivity contribution in [2.75, 3.05) is 33.2 Å². The fourth-order valence-corrected chi connectivity index (χ4v) is 3.10. The maximum absolute atomic E-state index is 13.2. The van der Waals surface area contributed by atoms with Crippen molar-refractivity contribution in [3.05, 3.63) is 35.6 Å². The molecule has 27 heavy (non-hydrogen) atoms. The fraction of sp³-hybridized carbons (Fsp3) is 0.600. The van der Waals surface area contributed by atoms with Gasteiger partial charge in [0.2, 0.25) is 5.91 Å². The molecule has 1 fully saturated rings. The molecule has 2 N–H and O–H groups in total. The summed E-state index contributed by atoms with van der Waals surface area (Å²) in [6, 6.07) is 6.41. The Labute approximate surface area is 161 Å². The number of benzene rings is 1. The molecule has 0 bridgehead atoms. The van der Waals surface area contributed by atoms with Crippen molar-refractivity contribution in [1.29, 1.82) is 0 Å². The first kappa shape index (κ1) is 21.2. The molecule has 150 valence electrons. The van der Waals surface area contributed by atoms with E-state index in [1.807, 2.05) is 27.7 Å². The summed E-state index contributed by atoms with van der Waals surface area (Å²) >= 11 is 0. The van der Waals surface area contributed by atoms with Crippen molar-refractivity contribution in [3.63, 3.8) is 0 Å². The van der Waals surface area contributed by atoms with Gasteiger partial charge in [-0.1, -0.05) is 12.1 Å². The highest BCUT2D eigenvalue weighted by atomic mass is 19.1. The molecule has 6 nitrogen and oxygen atoms in total. The van der Waals surface area contributed by atoms with Gasteiger partial charge in [-0.2, -0.15) is 0 Å². The number of carbonyl (C=O) groups excluding carboxylic acids is 1. The van der Waals surface area contributed by atoms with Gasteiger partial charge in [0.15, 0.2) is 5.96 Å². The van der Waals surface area contributed by atoms with Crippen LogP contribution in [0.1, 0.15) is 39.4 Å². The van der Waals surface area contributed by atoms with Crippen LogP contribution < -0.4 is 10.6 Å². The standard InChI is InChI=1S/C20H31FN4O2/c1-6-23-18(26)20(3,4)13-24-19(22-5)25-11-14(2)27-17(12-25)15-7-9-16(21)10-8-15/h7-10,14,17H,6,11-13H2,1-5H3,(H,22,24)(H,23,26). The molecule has 0 aromatic heterocycles. The van der Waals surface area contributed by atoms with E-state index in [1.54, 1.807) is 19.2 Å². The molecular formula is C20H31FN4O2. The molecule has 1 aliphatic heterocycles. The van der Waals surface area contributed by atoms with Crippen LogP contribution in [0.5, 0.6) is 0 Å². The second-order valence-electron chi connectivity index (χ2n) is 7.54. The Morgan fingerprint density at radius 1 is 1.30 bits per heavy atom. The van der Waals surface area contributed by atoms with E-state index in [0.29, 0.717) is 26.2 Å². The largest absolute Gasteiger partial charge is 0.367 e. The average Bonchev–Trinajstić information content (AvgIpc) is 2.62. The second-order valence-corrected chi connectivity index (χ2v) is 7.54. The number of nitrogens with one attached hydrogen (secondary N) is 2. The number of rotatable bonds is 5. The van der Waals surface area contributed by atoms with Gasteiger partial charge in [0, 0.05) is 26.7 Å². The second kappa shape index (κ2) is 9.17. The maximum Gasteiger partial charge on any atom is 0.227 e. The predicted molar refractivity (Wildman–Crippen MR) is 105 cm³/mol. The first-order valence-electron chi connectivity index (χ1n) is 9.41. The molecule has 0 aliphatic carbocycles. The molecule has 1 amide bonds. The van der Waals surface area contributed by atoms with Gasteiger partial charge in [-0.3, -0.25) is 9.79 Å². The van der Waals surface area contributed by atoms with Crippen LogP contribution in [0.4, 0.5) is 4.39 Å². The third-order valence-electron chi connectivity index (χ3n) is 4.65. The van der Waals surface area contributed by atoms with E-state index in [1.165, 1.54) is 12.1 Å². The Balaban J connectivity index is 2.05. The first-order chi connectivity index (χ1) is 12.8. The molecule has 2 atom stereocenters. The number of hydrogen-bond acceptors (Lipinski definition) is 3. The molecule has 1 heterocycles. The Kier molecular flexibility index (Phi) is 7.18. The number of guanidine groups is 1. The molecule has 0 spiro atoms. The van der Waals surface area contributed by atoms with Gasteiger partial charge >= 0.3 is 0 Å². The van der Waals surface area contributed by atoms with Gasteiger partial charge < -0.3 is 20.3 Å². The van der Waals surface area contributed by atoms with Crippen molar-refractivity contribution >= 4 is 11.9 Å². The number of ether oxygens (including phenoxy) is 1. The maximum atomic E-state index is 13.2. The minimum atomic E-state index is -0.555. The highest BCUT2D eigenvalue weighted by Crippen LogP contribution is 2.25. The van der Waals surface area contributed by atoms with E-state index in [-0.39, 0.29) is 23.9 Å². The highest BCUT2D eigenvalue weighted by Gasteiger charge is 2.31. The van der Waals surface area contributed by atoms with Crippen molar-refractivity contribution in [3.8, 4) is 0 Å². The zero-order valence-corrected chi connectivity index (χ0v) is 16.9. The van der Waals surface area contributed by atoms with Crippen LogP contribution in [0.25, 0.3) is 0 Å². The summed E-state index contributed by atoms with van der Waals surface area (Å²) in [5, 5.41) is 6.18. The lowest BCUT2D eigenvalue weighted by Gasteiger charge is -2.39. The van der Waals surface area contributed by atoms with Crippen LogP contribution in [0.3, 0.4) is 0 Å². The molecule has 1 saturated heterocycles. The van der Waals surface area contributed by atoms with Gasteiger partial charge in [0.1, 0.15) is 11.9 Å². The molecule has 7 heteroatoms. The van der Waals surface area contributed by atoms with Crippen LogP contribution in [0.15, 0.2) is 29.3 Å². The summed E-state index contributed by atoms with van der Waals surface area (Å²) in [7, 11) is 1.73. The number of nitrogens with zero attached hydrogens (tertiary/aromatic N) is 2. The Morgan fingerprint density at radius 2 is 1.96 bits per heavy atom. The molecule has 1 aromatic rings. The van der Waals surface area contributed by atoms with Crippen LogP contribution in [0, 0.1) is 11.2 Å². The lowest BCUT2D eigenvalue weighted by atomic mass is 9.92. The van der Waals surface area contributed by atoms with Crippen LogP contribution in [-0.2, 0) is 9.53 Å². The summed E-state index contributed by atoms with van der Waals surface area (Å²) in [4.78, 5) is 18.7. The number of carbonyl (C=O) groups is 1. The van der Waals surface area contributed by atoms with Gasteiger partial charge in [0.25, 0.3) is 0 Å². The minimum absolute atomic E-state index is 0.00348. The summed E-state index contributed by atoms with van der Waals surface area (Å²) in [5.41, 5.74) is 0.381. The highest BCUT2D eigenvalue weighted by molar-refractivity contribution is 5.84. The summed E-state index contributed by atoms with van der Waals surface area (Å²) in [6.45, 7) is 10.1. The molecule has 1 aliphatic rings. The minimum Gasteiger partial charge on any atom is -0.367 e. The Bertz CT molecular complexity index is 660. The smallest absolute Gasteiger partial charge is 0.227 e. The monoisotopic (exact) mass is 378 g/mol. The Hall–Kier alpha value is -2.15. The van der Waals surface area contributed by atoms with Crippen molar-refractivity contribution in [1.82, 2.24) is 15.5 Å². The van der Waals surface area contributed by atoms with Crippen molar-refractivity contribution in [2.45, 2.75) is 39.9 Å². The summed E-state index contributed by atoms with van der Waals surface area (Å²) < 4.78 is 19.3. The van der Waals surface area contributed by atoms with E-state index >= 15 is 0 Å². The number of hydrogen-bond donors (Lipinski definition) is 2. The number of aliphatic imine (C=N–C) groups is 1. The van der Waals surface area contributed by atoms with E-state index in [9.17, 15) is 9.18 Å². The molecule has 2 unspecified atom stereocenters. The number of amides is 1. The topological polar surface area (TPSA) is 66.0 Å². The fourth-order valence-electron chi connectivity index (χ4n) is 3.10. The van der Waals surface area contributed by atoms with E-state index < -0.39 is 5.41 Å². The van der Waals surface area contributed by atoms with Crippen LogP contribution >= 0.6 is 0 Å². The lowest BCUT2D eigenvalue weighted by Crippen LogP contribution is -2.53. The lowest BCUT2D eigenvalue weighted by molar-refractivity contribution is -0.128. The number of halogens is 1. The summed E-state index contributed by atoms with van der Waals surface area (Å²) in [6.07, 6.45) is -0.159. The predicted octanol–water partition coefficient (Wildman–Crippen LogP) is 2.33. The third kappa shape index (κ3) is 5.66. The van der Waals surface area contributed by atoms with Gasteiger partial charge in [-0.25, -0.2) is 4.39 Å². The van der Waals surface area contributed by atoms with Gasteiger partial charge in [-0.15, -0.1) is 0 Å². The third-order valence-corrected chi connectivity index (χ3v) is 4.65. The normalized spacial score (nSPS) is 21.1. The van der Waals surface area contributed by atoms with Crippen molar-refractivity contribution in [2.24, 2.45) is 10.4 Å².